The molecule has 2 aliphatic rings. The highest BCUT2D eigenvalue weighted by Gasteiger charge is 2.25. The van der Waals surface area contributed by atoms with Crippen LogP contribution in [0.4, 0.5) is 5.13 Å². The number of nitrogens with zero attached hydrogens (tertiary/aromatic N) is 4. The van der Waals surface area contributed by atoms with Gasteiger partial charge in [0.05, 0.1) is 12.7 Å². The zero-order valence-electron chi connectivity index (χ0n) is 14.8. The normalized spacial score (nSPS) is 21.3. The van der Waals surface area contributed by atoms with E-state index < -0.39 is 0 Å². The number of hydrogen-bond donors (Lipinski definition) is 0. The molecule has 0 bridgehead atoms. The fraction of sp³-hybridized carbons (Fsp3) is 0.882. The Labute approximate surface area is 144 Å². The zero-order valence-corrected chi connectivity index (χ0v) is 15.6. The lowest BCUT2D eigenvalue weighted by molar-refractivity contribution is 0.0266. The fourth-order valence-corrected chi connectivity index (χ4v) is 4.13. The van der Waals surface area contributed by atoms with E-state index in [0.717, 1.165) is 50.0 Å². The van der Waals surface area contributed by atoms with Gasteiger partial charge in [0, 0.05) is 36.6 Å². The molecule has 1 aromatic rings. The van der Waals surface area contributed by atoms with Crippen LogP contribution < -0.4 is 4.90 Å². The molecule has 130 valence electrons. The Balaban J connectivity index is 1.40. The summed E-state index contributed by atoms with van der Waals surface area (Å²) in [7, 11) is 0. The first-order valence-electron chi connectivity index (χ1n) is 8.95. The number of aromatic nitrogens is 2. The first-order chi connectivity index (χ1) is 11.0. The molecule has 0 unspecified atom stereocenters. The van der Waals surface area contributed by atoms with E-state index in [2.05, 4.69) is 34.9 Å². The van der Waals surface area contributed by atoms with Gasteiger partial charge in [-0.1, -0.05) is 20.8 Å². The highest BCUT2D eigenvalue weighted by molar-refractivity contribution is 7.09. The van der Waals surface area contributed by atoms with Gasteiger partial charge in [-0.05, 0) is 38.8 Å². The summed E-state index contributed by atoms with van der Waals surface area (Å²) >= 11 is 1.54. The van der Waals surface area contributed by atoms with Gasteiger partial charge in [-0.25, -0.2) is 4.98 Å². The summed E-state index contributed by atoms with van der Waals surface area (Å²) in [5.74, 6) is 0.960. The Morgan fingerprint density at radius 1 is 1.13 bits per heavy atom. The number of hydrogen-bond acceptors (Lipinski definition) is 6. The lowest BCUT2D eigenvalue weighted by Crippen LogP contribution is -2.38. The quantitative estimate of drug-likeness (QED) is 0.826. The van der Waals surface area contributed by atoms with Crippen molar-refractivity contribution in [1.82, 2.24) is 14.3 Å². The first kappa shape index (κ1) is 17.1. The highest BCUT2D eigenvalue weighted by atomic mass is 32.1. The monoisotopic (exact) mass is 338 g/mol. The van der Waals surface area contributed by atoms with Crippen LogP contribution >= 0.6 is 11.5 Å². The molecule has 3 heterocycles. The Bertz CT molecular complexity index is 485. The van der Waals surface area contributed by atoms with Crippen molar-refractivity contribution in [2.24, 2.45) is 0 Å². The molecular weight excluding hydrogens is 308 g/mol. The van der Waals surface area contributed by atoms with Crippen LogP contribution in [0.3, 0.4) is 0 Å². The van der Waals surface area contributed by atoms with Crippen LogP contribution in [0.25, 0.3) is 0 Å². The molecular formula is C17H30N4OS. The van der Waals surface area contributed by atoms with E-state index in [9.17, 15) is 0 Å². The Hall–Kier alpha value is -0.720. The van der Waals surface area contributed by atoms with Crippen molar-refractivity contribution in [1.29, 1.82) is 0 Å². The Kier molecular flexibility index (Phi) is 5.54. The molecule has 0 saturated carbocycles. The molecule has 0 aromatic carbocycles. The van der Waals surface area contributed by atoms with E-state index in [1.807, 2.05) is 0 Å². The van der Waals surface area contributed by atoms with Crippen LogP contribution in [0.15, 0.2) is 0 Å². The second-order valence-corrected chi connectivity index (χ2v) is 8.49. The predicted octanol–water partition coefficient (Wildman–Crippen LogP) is 2.92. The topological polar surface area (TPSA) is 41.5 Å². The smallest absolute Gasteiger partial charge is 0.205 e. The SMILES string of the molecule is CC(C)(C)c1nsc(N2CCC(OCCN3CCCC3)CC2)n1. The van der Waals surface area contributed by atoms with E-state index in [-0.39, 0.29) is 5.41 Å². The maximum Gasteiger partial charge on any atom is 0.205 e. The van der Waals surface area contributed by atoms with Crippen molar-refractivity contribution in [3.05, 3.63) is 5.82 Å². The van der Waals surface area contributed by atoms with Crippen molar-refractivity contribution in [3.63, 3.8) is 0 Å². The van der Waals surface area contributed by atoms with Crippen molar-refractivity contribution < 1.29 is 4.74 Å². The molecule has 3 rings (SSSR count). The van der Waals surface area contributed by atoms with Gasteiger partial charge < -0.3 is 14.5 Å². The van der Waals surface area contributed by atoms with Crippen molar-refractivity contribution in [3.8, 4) is 0 Å². The third kappa shape index (κ3) is 4.64. The van der Waals surface area contributed by atoms with Crippen LogP contribution in [-0.4, -0.2) is 59.7 Å². The Morgan fingerprint density at radius 2 is 1.83 bits per heavy atom. The van der Waals surface area contributed by atoms with E-state index in [1.165, 1.54) is 37.5 Å². The summed E-state index contributed by atoms with van der Waals surface area (Å²) in [4.78, 5) is 9.62. The van der Waals surface area contributed by atoms with Crippen molar-refractivity contribution in [2.45, 2.75) is 58.0 Å². The van der Waals surface area contributed by atoms with Crippen LogP contribution in [0, 0.1) is 0 Å². The first-order valence-corrected chi connectivity index (χ1v) is 9.73. The van der Waals surface area contributed by atoms with Gasteiger partial charge in [0.15, 0.2) is 0 Å². The third-order valence-electron chi connectivity index (χ3n) is 4.76. The highest BCUT2D eigenvalue weighted by Crippen LogP contribution is 2.27. The lowest BCUT2D eigenvalue weighted by atomic mass is 9.96. The van der Waals surface area contributed by atoms with Crippen LogP contribution in [0.5, 0.6) is 0 Å². The lowest BCUT2D eigenvalue weighted by Gasteiger charge is -2.31. The maximum absolute atomic E-state index is 6.09. The molecule has 2 fully saturated rings. The number of piperidine rings is 1. The molecule has 0 amide bonds. The van der Waals surface area contributed by atoms with Crippen LogP contribution in [0.2, 0.25) is 0 Å². The van der Waals surface area contributed by atoms with Gasteiger partial charge in [0.2, 0.25) is 5.13 Å². The molecule has 5 nitrogen and oxygen atoms in total. The fourth-order valence-electron chi connectivity index (χ4n) is 3.22. The van der Waals surface area contributed by atoms with E-state index in [1.54, 1.807) is 0 Å². The molecule has 6 heteroatoms. The van der Waals surface area contributed by atoms with E-state index >= 15 is 0 Å². The summed E-state index contributed by atoms with van der Waals surface area (Å²) in [6.07, 6.45) is 5.34. The maximum atomic E-state index is 6.09. The molecule has 0 spiro atoms. The van der Waals surface area contributed by atoms with Crippen LogP contribution in [0.1, 0.15) is 52.3 Å². The standard InChI is InChI=1S/C17H30N4OS/c1-17(2,3)15-18-16(23-19-15)21-10-6-14(7-11-21)22-13-12-20-8-4-5-9-20/h14H,4-13H2,1-3H3. The number of rotatable bonds is 5. The summed E-state index contributed by atoms with van der Waals surface area (Å²) in [5.41, 5.74) is 0.0335. The number of likely N-dealkylation sites (tertiary alicyclic amines) is 1. The predicted molar refractivity (Wildman–Crippen MR) is 95.5 cm³/mol. The van der Waals surface area contributed by atoms with Gasteiger partial charge in [-0.2, -0.15) is 4.37 Å². The zero-order chi connectivity index (χ0) is 16.3. The van der Waals surface area contributed by atoms with Gasteiger partial charge in [0.1, 0.15) is 5.82 Å². The molecule has 0 radical (unpaired) electrons. The molecule has 2 aliphatic heterocycles. The summed E-state index contributed by atoms with van der Waals surface area (Å²) in [6.45, 7) is 13.1. The number of ether oxygens (including phenoxy) is 1. The molecule has 23 heavy (non-hydrogen) atoms. The van der Waals surface area contributed by atoms with Gasteiger partial charge >= 0.3 is 0 Å². The second kappa shape index (κ2) is 7.45. The van der Waals surface area contributed by atoms with Crippen molar-refractivity contribution in [2.75, 3.05) is 44.2 Å². The minimum absolute atomic E-state index is 0.0335. The average Bonchev–Trinajstić information content (AvgIpc) is 3.19. The van der Waals surface area contributed by atoms with Crippen molar-refractivity contribution >= 4 is 16.7 Å². The largest absolute Gasteiger partial charge is 0.377 e. The average molecular weight is 339 g/mol. The molecule has 0 aliphatic carbocycles. The minimum atomic E-state index is 0.0335. The van der Waals surface area contributed by atoms with Gasteiger partial charge in [-0.15, -0.1) is 0 Å². The summed E-state index contributed by atoms with van der Waals surface area (Å²) in [5, 5.41) is 1.07. The van der Waals surface area contributed by atoms with Gasteiger partial charge in [-0.3, -0.25) is 0 Å². The molecule has 0 N–H and O–H groups in total. The molecule has 1 aromatic heterocycles. The summed E-state index contributed by atoms with van der Waals surface area (Å²) < 4.78 is 10.6. The van der Waals surface area contributed by atoms with E-state index in [4.69, 9.17) is 9.72 Å². The third-order valence-corrected chi connectivity index (χ3v) is 5.54. The second-order valence-electron chi connectivity index (χ2n) is 7.76. The Morgan fingerprint density at radius 3 is 2.43 bits per heavy atom. The van der Waals surface area contributed by atoms with Crippen LogP contribution in [-0.2, 0) is 10.2 Å². The molecule has 0 atom stereocenters. The minimum Gasteiger partial charge on any atom is -0.377 e. The molecule has 2 saturated heterocycles. The number of anilines is 1. The summed E-state index contributed by atoms with van der Waals surface area (Å²) in [6, 6.07) is 0. The van der Waals surface area contributed by atoms with Gasteiger partial charge in [0.25, 0.3) is 0 Å². The van der Waals surface area contributed by atoms with E-state index in [0.29, 0.717) is 6.10 Å².